The zero-order valence-corrected chi connectivity index (χ0v) is 12.0. The number of anilines is 2. The van der Waals surface area contributed by atoms with Crippen LogP contribution < -0.4 is 10.0 Å². The summed E-state index contributed by atoms with van der Waals surface area (Å²) in [6, 6.07) is 6.99. The number of aromatic nitrogens is 1. The van der Waals surface area contributed by atoms with Gasteiger partial charge in [-0.3, -0.25) is 4.72 Å². The van der Waals surface area contributed by atoms with E-state index in [0.29, 0.717) is 18.1 Å². The highest BCUT2D eigenvalue weighted by molar-refractivity contribution is 7.90. The van der Waals surface area contributed by atoms with Crippen molar-refractivity contribution in [2.75, 3.05) is 24.1 Å². The molecule has 2 aromatic heterocycles. The van der Waals surface area contributed by atoms with E-state index in [1.54, 1.807) is 18.4 Å². The van der Waals surface area contributed by atoms with E-state index >= 15 is 0 Å². The number of nitrogens with zero attached hydrogens (tertiary/aromatic N) is 2. The fourth-order valence-corrected chi connectivity index (χ4v) is 1.99. The third kappa shape index (κ3) is 3.72. The molecule has 0 aliphatic carbocycles. The maximum absolute atomic E-state index is 11.6. The Bertz CT molecular complexity index is 636. The van der Waals surface area contributed by atoms with Crippen LogP contribution in [0, 0.1) is 0 Å². The van der Waals surface area contributed by atoms with Gasteiger partial charge in [0.05, 0.1) is 24.7 Å². The molecule has 0 spiro atoms. The van der Waals surface area contributed by atoms with Crippen LogP contribution in [0.2, 0.25) is 0 Å². The van der Waals surface area contributed by atoms with Crippen molar-refractivity contribution in [3.8, 4) is 0 Å². The molecule has 108 valence electrons. The lowest BCUT2D eigenvalue weighted by Gasteiger charge is -2.13. The van der Waals surface area contributed by atoms with Crippen molar-refractivity contribution in [1.82, 2.24) is 9.29 Å². The van der Waals surface area contributed by atoms with Crippen LogP contribution in [0.25, 0.3) is 0 Å². The second kappa shape index (κ2) is 5.93. The first-order valence-corrected chi connectivity index (χ1v) is 7.34. The molecule has 0 aliphatic heterocycles. The molecule has 0 saturated carbocycles. The van der Waals surface area contributed by atoms with Gasteiger partial charge in [-0.15, -0.1) is 0 Å². The molecule has 2 N–H and O–H groups in total. The third-order valence-electron chi connectivity index (χ3n) is 2.51. The maximum atomic E-state index is 11.6. The second-order valence-corrected chi connectivity index (χ2v) is 6.14. The summed E-state index contributed by atoms with van der Waals surface area (Å²) in [4.78, 5) is 4.12. The Morgan fingerprint density at radius 2 is 2.10 bits per heavy atom. The van der Waals surface area contributed by atoms with Gasteiger partial charge in [-0.05, 0) is 24.3 Å². The van der Waals surface area contributed by atoms with Crippen molar-refractivity contribution in [2.24, 2.45) is 0 Å². The maximum Gasteiger partial charge on any atom is 0.301 e. The molecule has 0 bridgehead atoms. The first-order chi connectivity index (χ1) is 9.47. The molecule has 0 saturated heterocycles. The predicted octanol–water partition coefficient (Wildman–Crippen LogP) is 1.50. The molecule has 0 aliphatic rings. The molecule has 8 heteroatoms. The summed E-state index contributed by atoms with van der Waals surface area (Å²) in [7, 11) is -0.597. The Morgan fingerprint density at radius 3 is 2.65 bits per heavy atom. The van der Waals surface area contributed by atoms with E-state index in [2.05, 4.69) is 15.0 Å². The van der Waals surface area contributed by atoms with Crippen molar-refractivity contribution in [2.45, 2.75) is 6.54 Å². The summed E-state index contributed by atoms with van der Waals surface area (Å²) in [6.45, 7) is 0.517. The van der Waals surface area contributed by atoms with Gasteiger partial charge >= 0.3 is 10.2 Å². The van der Waals surface area contributed by atoms with E-state index < -0.39 is 10.2 Å². The van der Waals surface area contributed by atoms with Gasteiger partial charge in [-0.25, -0.2) is 4.98 Å². The molecule has 0 radical (unpaired) electrons. The zero-order chi connectivity index (χ0) is 14.6. The van der Waals surface area contributed by atoms with Crippen LogP contribution in [0.15, 0.2) is 41.1 Å². The fraction of sp³-hybridized carbons (Fsp3) is 0.250. The lowest BCUT2D eigenvalue weighted by molar-refractivity contribution is 0.518. The van der Waals surface area contributed by atoms with Gasteiger partial charge in [0.15, 0.2) is 0 Å². The number of hydrogen-bond donors (Lipinski definition) is 2. The van der Waals surface area contributed by atoms with Crippen LogP contribution in [0.4, 0.5) is 11.5 Å². The highest BCUT2D eigenvalue weighted by atomic mass is 32.2. The fourth-order valence-electron chi connectivity index (χ4n) is 1.39. The van der Waals surface area contributed by atoms with Gasteiger partial charge in [0.1, 0.15) is 11.6 Å². The molecular formula is C12H16N4O3S. The van der Waals surface area contributed by atoms with E-state index in [1.807, 2.05) is 12.1 Å². The van der Waals surface area contributed by atoms with E-state index in [0.717, 1.165) is 10.1 Å². The largest absolute Gasteiger partial charge is 0.467 e. The molecule has 0 aromatic carbocycles. The third-order valence-corrected chi connectivity index (χ3v) is 3.97. The van der Waals surface area contributed by atoms with Crippen LogP contribution in [0.1, 0.15) is 5.76 Å². The lowest BCUT2D eigenvalue weighted by Crippen LogP contribution is -2.28. The molecule has 2 heterocycles. The normalized spacial score (nSPS) is 11.6. The summed E-state index contributed by atoms with van der Waals surface area (Å²) in [5.74, 6) is 1.43. The Labute approximate surface area is 117 Å². The van der Waals surface area contributed by atoms with Crippen molar-refractivity contribution < 1.29 is 12.8 Å². The van der Waals surface area contributed by atoms with Crippen molar-refractivity contribution in [3.05, 3.63) is 42.5 Å². The quantitative estimate of drug-likeness (QED) is 0.843. The minimum absolute atomic E-state index is 0.405. The molecule has 2 rings (SSSR count). The number of rotatable bonds is 6. The van der Waals surface area contributed by atoms with Gasteiger partial charge in [0.2, 0.25) is 0 Å². The highest BCUT2D eigenvalue weighted by Gasteiger charge is 2.12. The highest BCUT2D eigenvalue weighted by Crippen LogP contribution is 2.13. The summed E-state index contributed by atoms with van der Waals surface area (Å²) in [6.07, 6.45) is 3.05. The Balaban J connectivity index is 1.96. The summed E-state index contributed by atoms with van der Waals surface area (Å²) in [5, 5.41) is 3.07. The average Bonchev–Trinajstić information content (AvgIpc) is 2.90. The number of hydrogen-bond acceptors (Lipinski definition) is 5. The predicted molar refractivity (Wildman–Crippen MR) is 76.5 cm³/mol. The van der Waals surface area contributed by atoms with E-state index in [4.69, 9.17) is 4.42 Å². The molecule has 2 aromatic rings. The average molecular weight is 296 g/mol. The first-order valence-electron chi connectivity index (χ1n) is 5.90. The molecule has 7 nitrogen and oxygen atoms in total. The lowest BCUT2D eigenvalue weighted by atomic mass is 10.4. The van der Waals surface area contributed by atoms with Gasteiger partial charge < -0.3 is 9.73 Å². The first kappa shape index (κ1) is 14.4. The van der Waals surface area contributed by atoms with Crippen LogP contribution in [-0.2, 0) is 16.8 Å². The molecule has 0 amide bonds. The van der Waals surface area contributed by atoms with Crippen molar-refractivity contribution >= 4 is 21.7 Å². The second-order valence-electron chi connectivity index (χ2n) is 4.25. The Morgan fingerprint density at radius 1 is 1.30 bits per heavy atom. The number of pyridine rings is 1. The number of nitrogens with one attached hydrogen (secondary N) is 2. The molecule has 0 unspecified atom stereocenters. The van der Waals surface area contributed by atoms with E-state index in [-0.39, 0.29) is 0 Å². The monoisotopic (exact) mass is 296 g/mol. The van der Waals surface area contributed by atoms with Crippen LogP contribution in [-0.4, -0.2) is 31.8 Å². The van der Waals surface area contributed by atoms with Crippen LogP contribution >= 0.6 is 0 Å². The topological polar surface area (TPSA) is 87.5 Å². The summed E-state index contributed by atoms with van der Waals surface area (Å²) >= 11 is 0. The van der Waals surface area contributed by atoms with E-state index in [9.17, 15) is 8.42 Å². The number of furan rings is 1. The molecular weight excluding hydrogens is 280 g/mol. The van der Waals surface area contributed by atoms with Gasteiger partial charge in [-0.1, -0.05) is 0 Å². The van der Waals surface area contributed by atoms with Crippen LogP contribution in [0.5, 0.6) is 0 Å². The molecule has 20 heavy (non-hydrogen) atoms. The summed E-state index contributed by atoms with van der Waals surface area (Å²) in [5.41, 5.74) is 0.405. The van der Waals surface area contributed by atoms with Gasteiger partial charge in [0.25, 0.3) is 0 Å². The summed E-state index contributed by atoms with van der Waals surface area (Å²) < 4.78 is 31.9. The minimum atomic E-state index is -3.50. The SMILES string of the molecule is CN(C)S(=O)(=O)Nc1ccc(NCc2ccco2)nc1. The van der Waals surface area contributed by atoms with Crippen molar-refractivity contribution in [1.29, 1.82) is 0 Å². The van der Waals surface area contributed by atoms with Crippen LogP contribution in [0.3, 0.4) is 0 Å². The van der Waals surface area contributed by atoms with Gasteiger partial charge in [0, 0.05) is 14.1 Å². The molecule has 0 atom stereocenters. The minimum Gasteiger partial charge on any atom is -0.467 e. The van der Waals surface area contributed by atoms with E-state index in [1.165, 1.54) is 20.3 Å². The Hall–Kier alpha value is -2.06. The Kier molecular flexibility index (Phi) is 4.26. The zero-order valence-electron chi connectivity index (χ0n) is 11.2. The smallest absolute Gasteiger partial charge is 0.301 e. The van der Waals surface area contributed by atoms with Gasteiger partial charge in [-0.2, -0.15) is 12.7 Å². The molecule has 0 fully saturated rings. The standard InChI is InChI=1S/C12H16N4O3S/c1-16(2)20(17,18)15-10-5-6-12(13-8-10)14-9-11-4-3-7-19-11/h3-8,15H,9H2,1-2H3,(H,13,14). The van der Waals surface area contributed by atoms with Crippen molar-refractivity contribution in [3.63, 3.8) is 0 Å².